The fraction of sp³-hybridized carbons (Fsp3) is 0.364. The van der Waals surface area contributed by atoms with Crippen molar-refractivity contribution in [3.63, 3.8) is 0 Å². The number of phenolic OH excluding ortho intramolecular Hbond substituents is 1. The molecule has 3 N–H and O–H groups in total. The maximum atomic E-state index is 12.8. The molecule has 0 radical (unpaired) electrons. The predicted molar refractivity (Wildman–Crippen MR) is 110 cm³/mol. The molecule has 2 aromatic carbocycles. The van der Waals surface area contributed by atoms with E-state index in [4.69, 9.17) is 9.47 Å². The number of carbonyl (C=O) groups excluding carboxylic acids is 2. The van der Waals surface area contributed by atoms with E-state index in [2.05, 4.69) is 10.6 Å². The number of rotatable bonds is 7. The van der Waals surface area contributed by atoms with Gasteiger partial charge in [-0.15, -0.1) is 0 Å². The summed E-state index contributed by atoms with van der Waals surface area (Å²) in [6.45, 7) is 5.55. The van der Waals surface area contributed by atoms with Crippen LogP contribution in [0.25, 0.3) is 0 Å². The summed E-state index contributed by atoms with van der Waals surface area (Å²) in [7, 11) is 1.59. The van der Waals surface area contributed by atoms with Crippen molar-refractivity contribution in [2.75, 3.05) is 7.11 Å². The van der Waals surface area contributed by atoms with Gasteiger partial charge in [0.25, 0.3) is 0 Å². The molecule has 0 saturated carbocycles. The van der Waals surface area contributed by atoms with Crippen molar-refractivity contribution in [3.8, 4) is 11.5 Å². The topological polar surface area (TPSA) is 96.9 Å². The van der Waals surface area contributed by atoms with E-state index in [9.17, 15) is 14.7 Å². The van der Waals surface area contributed by atoms with Crippen LogP contribution in [0.15, 0.2) is 48.5 Å². The molecule has 7 heteroatoms. The summed E-state index contributed by atoms with van der Waals surface area (Å²) >= 11 is 0. The van der Waals surface area contributed by atoms with E-state index in [1.807, 2.05) is 24.3 Å². The summed E-state index contributed by atoms with van der Waals surface area (Å²) in [5.41, 5.74) is 0.928. The van der Waals surface area contributed by atoms with Gasteiger partial charge in [0.2, 0.25) is 5.91 Å². The number of amides is 2. The lowest BCUT2D eigenvalue weighted by Crippen LogP contribution is -2.49. The van der Waals surface area contributed by atoms with Gasteiger partial charge in [-0.25, -0.2) is 4.79 Å². The van der Waals surface area contributed by atoms with Crippen LogP contribution in [-0.2, 0) is 22.5 Å². The van der Waals surface area contributed by atoms with Gasteiger partial charge in [-0.05, 0) is 56.2 Å². The highest BCUT2D eigenvalue weighted by molar-refractivity contribution is 5.86. The van der Waals surface area contributed by atoms with Crippen molar-refractivity contribution < 1.29 is 24.2 Å². The van der Waals surface area contributed by atoms with Crippen LogP contribution in [0.3, 0.4) is 0 Å². The van der Waals surface area contributed by atoms with Crippen LogP contribution in [0.5, 0.6) is 11.5 Å². The molecule has 2 rings (SSSR count). The SMILES string of the molecule is COc1ccc(CNC(=O)[C@H](Cc2cccc(O)c2)NC(=O)OC(C)(C)C)cc1. The van der Waals surface area contributed by atoms with Gasteiger partial charge >= 0.3 is 6.09 Å². The second-order valence-electron chi connectivity index (χ2n) is 7.64. The van der Waals surface area contributed by atoms with E-state index >= 15 is 0 Å². The van der Waals surface area contributed by atoms with E-state index in [0.29, 0.717) is 12.1 Å². The van der Waals surface area contributed by atoms with E-state index in [1.165, 1.54) is 0 Å². The number of benzene rings is 2. The first-order chi connectivity index (χ1) is 13.7. The van der Waals surface area contributed by atoms with Crippen LogP contribution in [0.1, 0.15) is 31.9 Å². The summed E-state index contributed by atoms with van der Waals surface area (Å²) in [5.74, 6) is 0.473. The Balaban J connectivity index is 2.07. The summed E-state index contributed by atoms with van der Waals surface area (Å²) in [4.78, 5) is 25.0. The first-order valence-electron chi connectivity index (χ1n) is 9.34. The molecule has 0 aliphatic heterocycles. The first-order valence-corrected chi connectivity index (χ1v) is 9.34. The Morgan fingerprint density at radius 3 is 2.34 bits per heavy atom. The minimum atomic E-state index is -0.857. The Morgan fingerprint density at radius 1 is 1.07 bits per heavy atom. The zero-order chi connectivity index (χ0) is 21.4. The van der Waals surface area contributed by atoms with Gasteiger partial charge in [-0.2, -0.15) is 0 Å². The second-order valence-corrected chi connectivity index (χ2v) is 7.64. The molecule has 0 bridgehead atoms. The van der Waals surface area contributed by atoms with Crippen molar-refractivity contribution >= 4 is 12.0 Å². The highest BCUT2D eigenvalue weighted by Gasteiger charge is 2.24. The fourth-order valence-electron chi connectivity index (χ4n) is 2.63. The van der Waals surface area contributed by atoms with Gasteiger partial charge in [0.05, 0.1) is 7.11 Å². The Labute approximate surface area is 171 Å². The van der Waals surface area contributed by atoms with Crippen LogP contribution in [-0.4, -0.2) is 35.9 Å². The van der Waals surface area contributed by atoms with Crippen LogP contribution in [0, 0.1) is 0 Å². The van der Waals surface area contributed by atoms with Gasteiger partial charge in [0.1, 0.15) is 23.1 Å². The maximum Gasteiger partial charge on any atom is 0.408 e. The highest BCUT2D eigenvalue weighted by atomic mass is 16.6. The Hall–Kier alpha value is -3.22. The van der Waals surface area contributed by atoms with Gasteiger partial charge in [-0.1, -0.05) is 24.3 Å². The molecule has 0 aromatic heterocycles. The molecule has 2 aromatic rings. The van der Waals surface area contributed by atoms with Crippen molar-refractivity contribution in [3.05, 3.63) is 59.7 Å². The number of carbonyl (C=O) groups is 2. The molecule has 156 valence electrons. The zero-order valence-electron chi connectivity index (χ0n) is 17.2. The third-order valence-electron chi connectivity index (χ3n) is 3.98. The van der Waals surface area contributed by atoms with Crippen LogP contribution >= 0.6 is 0 Å². The number of methoxy groups -OCH3 is 1. The van der Waals surface area contributed by atoms with Gasteiger partial charge in [-0.3, -0.25) is 4.79 Å². The fourth-order valence-corrected chi connectivity index (χ4v) is 2.63. The molecular formula is C22H28N2O5. The molecule has 1 atom stereocenters. The van der Waals surface area contributed by atoms with Crippen molar-refractivity contribution in [2.45, 2.75) is 45.4 Å². The lowest BCUT2D eigenvalue weighted by Gasteiger charge is -2.23. The van der Waals surface area contributed by atoms with E-state index in [1.54, 1.807) is 52.1 Å². The molecule has 0 unspecified atom stereocenters. The summed E-state index contributed by atoms with van der Waals surface area (Å²) in [6.07, 6.45) is -0.468. The van der Waals surface area contributed by atoms with E-state index < -0.39 is 17.7 Å². The average Bonchev–Trinajstić information content (AvgIpc) is 2.64. The van der Waals surface area contributed by atoms with Crippen LogP contribution < -0.4 is 15.4 Å². The number of hydrogen-bond acceptors (Lipinski definition) is 5. The number of aromatic hydroxyl groups is 1. The summed E-state index contributed by atoms with van der Waals surface area (Å²) in [6, 6.07) is 13.0. The Morgan fingerprint density at radius 2 is 1.76 bits per heavy atom. The van der Waals surface area contributed by atoms with Gasteiger partial charge in [0.15, 0.2) is 0 Å². The minimum Gasteiger partial charge on any atom is -0.508 e. The normalized spacial score (nSPS) is 12.0. The molecule has 0 aliphatic carbocycles. The monoisotopic (exact) mass is 400 g/mol. The third-order valence-corrected chi connectivity index (χ3v) is 3.98. The Bertz CT molecular complexity index is 828. The number of ether oxygens (including phenoxy) is 2. The lowest BCUT2D eigenvalue weighted by atomic mass is 10.0. The quantitative estimate of drug-likeness (QED) is 0.663. The van der Waals surface area contributed by atoms with Crippen molar-refractivity contribution in [1.82, 2.24) is 10.6 Å². The predicted octanol–water partition coefficient (Wildman–Crippen LogP) is 3.15. The number of phenols is 1. The second kappa shape index (κ2) is 9.82. The molecule has 0 heterocycles. The molecule has 7 nitrogen and oxygen atoms in total. The molecule has 0 spiro atoms. The zero-order valence-corrected chi connectivity index (χ0v) is 17.2. The number of nitrogens with one attached hydrogen (secondary N) is 2. The molecular weight excluding hydrogens is 372 g/mol. The van der Waals surface area contributed by atoms with E-state index in [0.717, 1.165) is 11.3 Å². The van der Waals surface area contributed by atoms with Crippen LogP contribution in [0.2, 0.25) is 0 Å². The third kappa shape index (κ3) is 7.73. The molecule has 29 heavy (non-hydrogen) atoms. The number of hydrogen-bond donors (Lipinski definition) is 3. The molecule has 0 saturated heterocycles. The lowest BCUT2D eigenvalue weighted by molar-refractivity contribution is -0.123. The number of alkyl carbamates (subject to hydrolysis) is 1. The first kappa shape index (κ1) is 22.1. The largest absolute Gasteiger partial charge is 0.508 e. The van der Waals surface area contributed by atoms with Crippen molar-refractivity contribution in [1.29, 1.82) is 0 Å². The van der Waals surface area contributed by atoms with Crippen molar-refractivity contribution in [2.24, 2.45) is 0 Å². The molecule has 0 aliphatic rings. The van der Waals surface area contributed by atoms with Gasteiger partial charge in [0, 0.05) is 13.0 Å². The maximum absolute atomic E-state index is 12.8. The van der Waals surface area contributed by atoms with Gasteiger partial charge < -0.3 is 25.2 Å². The highest BCUT2D eigenvalue weighted by Crippen LogP contribution is 2.14. The summed E-state index contributed by atoms with van der Waals surface area (Å²) in [5, 5.41) is 15.1. The molecule has 0 fully saturated rings. The smallest absolute Gasteiger partial charge is 0.408 e. The van der Waals surface area contributed by atoms with E-state index in [-0.39, 0.29) is 18.1 Å². The molecule has 2 amide bonds. The minimum absolute atomic E-state index is 0.0946. The summed E-state index contributed by atoms with van der Waals surface area (Å²) < 4.78 is 10.4. The van der Waals surface area contributed by atoms with Crippen LogP contribution in [0.4, 0.5) is 4.79 Å². The average molecular weight is 400 g/mol. The standard InChI is InChI=1S/C22H28N2O5/c1-22(2,3)29-21(27)24-19(13-16-6-5-7-17(25)12-16)20(26)23-14-15-8-10-18(28-4)11-9-15/h5-12,19,25H,13-14H2,1-4H3,(H,23,26)(H,24,27)/t19-/m0/s1. The Kier molecular flexibility index (Phi) is 7.47.